The van der Waals surface area contributed by atoms with Gasteiger partial charge in [-0.1, -0.05) is 72.8 Å². The van der Waals surface area contributed by atoms with Gasteiger partial charge in [-0.25, -0.2) is 0 Å². The summed E-state index contributed by atoms with van der Waals surface area (Å²) >= 11 is -2.95. The maximum Gasteiger partial charge on any atom is 0.446 e. The molecule has 7 aromatic rings. The Morgan fingerprint density at radius 1 is 0.167 bits per heavy atom. The second-order valence-corrected chi connectivity index (χ2v) is 21.5. The van der Waals surface area contributed by atoms with E-state index >= 15 is 0 Å². The first kappa shape index (κ1) is 55.1. The third-order valence-electron chi connectivity index (χ3n) is 9.76. The fourth-order valence-corrected chi connectivity index (χ4v) is 10.7. The van der Waals surface area contributed by atoms with Crippen molar-refractivity contribution >= 4 is 70.6 Å². The van der Waals surface area contributed by atoms with Gasteiger partial charge in [0.15, 0.2) is 0 Å². The number of thioether (sulfide) groups is 6. The third-order valence-corrected chi connectivity index (χ3v) is 14.2. The zero-order valence-electron chi connectivity index (χ0n) is 35.1. The van der Waals surface area contributed by atoms with Crippen molar-refractivity contribution in [3.05, 3.63) is 146 Å². The highest BCUT2D eigenvalue weighted by atomic mass is 32.2. The van der Waals surface area contributed by atoms with E-state index in [9.17, 15) is 79.0 Å². The molecule has 0 N–H and O–H groups in total. The molecule has 0 aromatic heterocycles. The topological polar surface area (TPSA) is 0 Å². The van der Waals surface area contributed by atoms with Crippen LogP contribution in [0.1, 0.15) is 0 Å². The summed E-state index contributed by atoms with van der Waals surface area (Å²) in [5.41, 5.74) is -28.4. The van der Waals surface area contributed by atoms with E-state index in [-0.39, 0.29) is 96.1 Å². The van der Waals surface area contributed by atoms with E-state index in [1.165, 1.54) is 72.8 Å². The quantitative estimate of drug-likeness (QED) is 0.0877. The molecular formula is C48H24F18S6. The average Bonchev–Trinajstić information content (AvgIpc) is 3.24. The van der Waals surface area contributed by atoms with Crippen molar-refractivity contribution in [2.45, 2.75) is 62.4 Å². The van der Waals surface area contributed by atoms with Crippen LogP contribution in [-0.2, 0) is 0 Å². The lowest BCUT2D eigenvalue weighted by Crippen LogP contribution is -2.04. The summed E-state index contributed by atoms with van der Waals surface area (Å²) in [6, 6.07) is 27.7. The highest BCUT2D eigenvalue weighted by Gasteiger charge is 2.36. The summed E-state index contributed by atoms with van der Waals surface area (Å²) in [5.74, 6) is 0. The second kappa shape index (κ2) is 21.3. The molecule has 0 aliphatic rings. The van der Waals surface area contributed by atoms with E-state index in [1.807, 2.05) is 0 Å². The molecule has 378 valence electrons. The minimum atomic E-state index is -4.78. The number of halogens is 18. The van der Waals surface area contributed by atoms with E-state index in [2.05, 4.69) is 0 Å². The van der Waals surface area contributed by atoms with Crippen LogP contribution in [0.25, 0.3) is 66.8 Å². The maximum absolute atomic E-state index is 13.7. The molecule has 0 saturated carbocycles. The highest BCUT2D eigenvalue weighted by molar-refractivity contribution is 8.01. The zero-order valence-corrected chi connectivity index (χ0v) is 40.0. The predicted molar refractivity (Wildman–Crippen MR) is 251 cm³/mol. The molecule has 0 aliphatic carbocycles. The minimum absolute atomic E-state index is 0.00601. The molecule has 0 aliphatic heterocycles. The Morgan fingerprint density at radius 2 is 0.264 bits per heavy atom. The molecular weight excluding hydrogens is 1110 g/mol. The molecule has 0 saturated heterocycles. The predicted octanol–water partition coefficient (Wildman–Crippen LogP) is 21.4. The van der Waals surface area contributed by atoms with E-state index in [0.717, 1.165) is 72.8 Å². The van der Waals surface area contributed by atoms with E-state index in [4.69, 9.17) is 0 Å². The Kier molecular flexibility index (Phi) is 16.3. The van der Waals surface area contributed by atoms with Crippen LogP contribution < -0.4 is 0 Å². The van der Waals surface area contributed by atoms with Crippen molar-refractivity contribution in [1.29, 1.82) is 0 Å². The molecule has 0 heterocycles. The average molecular weight is 1140 g/mol. The summed E-state index contributed by atoms with van der Waals surface area (Å²) < 4.78 is 246. The van der Waals surface area contributed by atoms with Gasteiger partial charge >= 0.3 is 33.0 Å². The van der Waals surface area contributed by atoms with Gasteiger partial charge in [-0.05, 0) is 210 Å². The van der Waals surface area contributed by atoms with Gasteiger partial charge in [0.1, 0.15) is 0 Å². The number of benzene rings is 7. The van der Waals surface area contributed by atoms with Gasteiger partial charge in [-0.15, -0.1) is 0 Å². The third kappa shape index (κ3) is 15.2. The van der Waals surface area contributed by atoms with Crippen LogP contribution in [0.5, 0.6) is 0 Å². The van der Waals surface area contributed by atoms with Crippen molar-refractivity contribution in [1.82, 2.24) is 0 Å². The lowest BCUT2D eigenvalue weighted by atomic mass is 9.74. The first-order chi connectivity index (χ1) is 33.4. The van der Waals surface area contributed by atoms with Gasteiger partial charge in [0.05, 0.1) is 0 Å². The Labute approximate surface area is 422 Å². The van der Waals surface area contributed by atoms with Crippen molar-refractivity contribution in [2.24, 2.45) is 0 Å². The second-order valence-electron chi connectivity index (χ2n) is 14.7. The molecule has 0 nitrogen and oxygen atoms in total. The van der Waals surface area contributed by atoms with E-state index in [1.54, 1.807) is 0 Å². The Bertz CT molecular complexity index is 2430. The largest absolute Gasteiger partial charge is 0.446 e. The van der Waals surface area contributed by atoms with Gasteiger partial charge in [0.2, 0.25) is 0 Å². The summed E-state index contributed by atoms with van der Waals surface area (Å²) in [6.45, 7) is 0. The van der Waals surface area contributed by atoms with Crippen LogP contribution in [0.2, 0.25) is 0 Å². The van der Waals surface area contributed by atoms with Crippen molar-refractivity contribution in [2.75, 3.05) is 0 Å². The Hall–Kier alpha value is -4.62. The monoisotopic (exact) mass is 1130 g/mol. The van der Waals surface area contributed by atoms with Crippen molar-refractivity contribution in [3.8, 4) is 66.8 Å². The molecule has 7 aromatic carbocycles. The number of rotatable bonds is 12. The molecule has 0 bridgehead atoms. The fraction of sp³-hybridized carbons (Fsp3) is 0.125. The first-order valence-corrected chi connectivity index (χ1v) is 24.7. The number of hydrogen-bond acceptors (Lipinski definition) is 6. The normalized spacial score (nSPS) is 12.9. The van der Waals surface area contributed by atoms with Gasteiger partial charge in [0, 0.05) is 29.4 Å². The van der Waals surface area contributed by atoms with Crippen LogP contribution >= 0.6 is 70.6 Å². The molecule has 0 fully saturated rings. The van der Waals surface area contributed by atoms with Gasteiger partial charge in [-0.3, -0.25) is 0 Å². The van der Waals surface area contributed by atoms with Crippen LogP contribution in [0.15, 0.2) is 175 Å². The summed E-state index contributed by atoms with van der Waals surface area (Å²) in [7, 11) is 0. The molecule has 0 atom stereocenters. The van der Waals surface area contributed by atoms with Crippen LogP contribution in [0, 0.1) is 0 Å². The molecule has 72 heavy (non-hydrogen) atoms. The standard InChI is InChI=1S/C48H24F18S6/c49-43(50,51)67-31-13-1-25(2-14-31)37-38(26-3-15-32(16-4-26)68-44(52,53)54)40(28-7-19-34(20-8-28)70-46(58,59)60)42(30-11-23-36(24-12-30)72-48(64,65)66)41(29-9-21-35(22-10-29)71-47(61,62)63)39(37)27-5-17-33(18-6-27)69-45(55,56)57/h1-24H. The van der Waals surface area contributed by atoms with Gasteiger partial charge in [-0.2, -0.15) is 79.0 Å². The summed E-state index contributed by atoms with van der Waals surface area (Å²) in [6.07, 6.45) is 0. The molecule has 7 rings (SSSR count). The summed E-state index contributed by atoms with van der Waals surface area (Å²) in [5, 5.41) is 0. The first-order valence-electron chi connectivity index (χ1n) is 19.8. The number of alkyl halides is 18. The SMILES string of the molecule is FC(F)(F)Sc1ccc(-c2c(-c3ccc(SC(F)(F)F)cc3)c(-c3ccc(SC(F)(F)F)cc3)c(-c3ccc(SC(F)(F)F)cc3)c(-c3ccc(SC(F)(F)F)cc3)c2-c2ccc(SC(F)(F)F)cc2)cc1. The minimum Gasteiger partial charge on any atom is -0.160 e. The van der Waals surface area contributed by atoms with Gasteiger partial charge in [0.25, 0.3) is 0 Å². The highest BCUT2D eigenvalue weighted by Crippen LogP contribution is 2.57. The van der Waals surface area contributed by atoms with Crippen LogP contribution in [0.4, 0.5) is 79.0 Å². The Morgan fingerprint density at radius 3 is 0.347 bits per heavy atom. The molecule has 24 heteroatoms. The Balaban J connectivity index is 1.73. The number of hydrogen-bond donors (Lipinski definition) is 0. The summed E-state index contributed by atoms with van der Waals surface area (Å²) in [4.78, 5) is -2.00. The van der Waals surface area contributed by atoms with Crippen LogP contribution in [0.3, 0.4) is 0 Å². The zero-order chi connectivity index (χ0) is 52.6. The maximum atomic E-state index is 13.7. The lowest BCUT2D eigenvalue weighted by Gasteiger charge is -2.29. The van der Waals surface area contributed by atoms with Crippen LogP contribution in [-0.4, -0.2) is 33.0 Å². The van der Waals surface area contributed by atoms with Crippen molar-refractivity contribution < 1.29 is 79.0 Å². The molecule has 0 radical (unpaired) electrons. The molecule has 0 unspecified atom stereocenters. The molecule has 0 spiro atoms. The van der Waals surface area contributed by atoms with E-state index < -0.39 is 104 Å². The molecule has 0 amide bonds. The fourth-order valence-electron chi connectivity index (χ4n) is 7.42. The van der Waals surface area contributed by atoms with E-state index in [0.29, 0.717) is 0 Å². The van der Waals surface area contributed by atoms with Gasteiger partial charge < -0.3 is 0 Å². The lowest BCUT2D eigenvalue weighted by molar-refractivity contribution is -0.0337. The van der Waals surface area contributed by atoms with Crippen molar-refractivity contribution in [3.63, 3.8) is 0 Å². The smallest absolute Gasteiger partial charge is 0.160 e.